The van der Waals surface area contributed by atoms with Crippen LogP contribution in [0, 0.1) is 183 Å². The second-order valence-electron chi connectivity index (χ2n) is 32.0. The molecule has 0 atom stereocenters. The Hall–Kier alpha value is -19.4. The molecule has 0 unspecified atom stereocenters. The van der Waals surface area contributed by atoms with Crippen molar-refractivity contribution in [1.82, 2.24) is 4.57 Å². The molecule has 4 aliphatic carbocycles. The number of fused-ring (bicyclic) bond motifs is 12. The lowest BCUT2D eigenvalue weighted by Crippen LogP contribution is -2.17. The van der Waals surface area contributed by atoms with Gasteiger partial charge in [-0.3, -0.25) is 0 Å². The van der Waals surface area contributed by atoms with Gasteiger partial charge in [0, 0.05) is 66.8 Å². The summed E-state index contributed by atoms with van der Waals surface area (Å²) in [5.74, 6) is -31.0. The summed E-state index contributed by atoms with van der Waals surface area (Å²) in [5, 5.41) is 96.9. The SMILES string of the molecule is CC1(C)c2ccccc2-c2ccc(N(c3ccc(-c4ccccc4)cc3)c3ccc(-c4ccc5c(c4)c4ccccc4n5-c4ccccc4)cc3)cc21.N#CC(=C1C(=C(C#N)c2c(F)c(F)c(C#N)c(F)c2F)C1=C(C#N)c1c(F)c(F)c(C#N)c(F)c1F)c1c(F)c(F)c(C#N)c(F)c1F.N#CC(C#N)=C1c2cc(OC(F)(F)F)ccc2-c2cc3c(cc21)C(=C(C#N)C#N)c1cc(OC(F)(F)F)ccc1-3. The van der Waals surface area contributed by atoms with E-state index < -0.39 is 172 Å². The van der Waals surface area contributed by atoms with Crippen LogP contribution in [0.2, 0.25) is 0 Å². The molecule has 0 spiro atoms. The van der Waals surface area contributed by atoms with Crippen molar-refractivity contribution in [3.8, 4) is 134 Å². The standard InChI is InChI=1S/C51H38N2.C30F12N6.C28H8F6N4O2/c1-51(2)47-19-11-9-17-43(47)44-31-30-42(34-48(44)51)52(40-26-21-36(22-27-40)35-13-5-3-6-14-35)41-28-23-37(24-29-41)38-25-32-50-46(33-38)45-18-10-12-20-49(45)53(50)39-15-7-4-8-16-39;31-19-10(4-46)20(32)26(38)16(25(19)37)7(1-43)13-14(8(2-44)17-27(39)21(33)11(5-47)22(34)28(17)40)15(13)9(3-45)18-29(41)23(35)12(6-48)24(36)30(18)42;29-27(30,31)39-15-1-3-17-19-7-20-18-4-2-16(40-28(32,33)34)6-22(18)26(14(11-37)12-38)24(20)8-23(19)25(21(17)5-15)13(9-35)10-36/h3-34H,1-2H3;;1-8H. The average molecular weight is 1900 g/mol. The molecule has 32 heteroatoms. The van der Waals surface area contributed by atoms with Crippen molar-refractivity contribution in [1.29, 1.82) is 52.6 Å². The summed E-state index contributed by atoms with van der Waals surface area (Å²) in [5.41, 5.74) is -2.93. The van der Waals surface area contributed by atoms with Crippen LogP contribution < -0.4 is 14.4 Å². The number of hydrogen-bond donors (Lipinski definition) is 0. The van der Waals surface area contributed by atoms with E-state index in [1.807, 2.05) is 0 Å². The second kappa shape index (κ2) is 36.1. The third-order valence-corrected chi connectivity index (χ3v) is 24.1. The van der Waals surface area contributed by atoms with Gasteiger partial charge in [-0.05, 0) is 192 Å². The second-order valence-corrected chi connectivity index (χ2v) is 32.0. The van der Waals surface area contributed by atoms with E-state index in [2.05, 4.69) is 227 Å². The van der Waals surface area contributed by atoms with Crippen LogP contribution in [0.15, 0.2) is 271 Å². The molecule has 0 bridgehead atoms. The predicted molar refractivity (Wildman–Crippen MR) is 480 cm³/mol. The van der Waals surface area contributed by atoms with E-state index in [9.17, 15) is 89.5 Å². The number of anilines is 3. The van der Waals surface area contributed by atoms with E-state index in [-0.39, 0.29) is 38.8 Å². The summed E-state index contributed by atoms with van der Waals surface area (Å²) >= 11 is 0. The molecule has 15 aromatic rings. The molecule has 1 aromatic heterocycles. The largest absolute Gasteiger partial charge is 0.573 e. The molecular formula is C109H46F18N12O2. The normalized spacial score (nSPS) is 12.3. The van der Waals surface area contributed by atoms with Gasteiger partial charge in [0.2, 0.25) is 0 Å². The molecule has 0 N–H and O–H groups in total. The molecule has 0 saturated heterocycles. The predicted octanol–water partition coefficient (Wildman–Crippen LogP) is 28.3. The number of nitriles is 10. The number of halogens is 18. The van der Waals surface area contributed by atoms with E-state index >= 15 is 26.3 Å². The van der Waals surface area contributed by atoms with Crippen molar-refractivity contribution in [2.24, 2.45) is 0 Å². The smallest absolute Gasteiger partial charge is 0.406 e. The fourth-order valence-electron chi connectivity index (χ4n) is 17.9. The van der Waals surface area contributed by atoms with E-state index in [1.54, 1.807) is 30.3 Å². The molecule has 0 radical (unpaired) electrons. The van der Waals surface area contributed by atoms with Gasteiger partial charge < -0.3 is 18.9 Å². The van der Waals surface area contributed by atoms with Gasteiger partial charge in [0.25, 0.3) is 0 Å². The van der Waals surface area contributed by atoms with Gasteiger partial charge in [-0.15, -0.1) is 26.3 Å². The van der Waals surface area contributed by atoms with Gasteiger partial charge in [0.05, 0.1) is 44.4 Å². The van der Waals surface area contributed by atoms with Gasteiger partial charge >= 0.3 is 12.7 Å². The highest BCUT2D eigenvalue weighted by atomic mass is 19.4. The molecule has 14 aromatic carbocycles. The first-order valence-electron chi connectivity index (χ1n) is 41.3. The van der Waals surface area contributed by atoms with Gasteiger partial charge in [0.1, 0.15) is 100 Å². The molecule has 0 aliphatic heterocycles. The zero-order valence-corrected chi connectivity index (χ0v) is 71.6. The lowest BCUT2D eigenvalue weighted by molar-refractivity contribution is -0.275. The van der Waals surface area contributed by atoms with Crippen LogP contribution in [0.25, 0.3) is 111 Å². The Labute approximate surface area is 785 Å². The summed E-state index contributed by atoms with van der Waals surface area (Å²) < 4.78 is 265. The number of allylic oxidation sites excluding steroid dienone is 8. The van der Waals surface area contributed by atoms with E-state index in [4.69, 9.17) is 15.8 Å². The number of nitrogens with zero attached hydrogens (tertiary/aromatic N) is 12. The third kappa shape index (κ3) is 15.9. The minimum absolute atomic E-state index is 0.00251. The summed E-state index contributed by atoms with van der Waals surface area (Å²) in [7, 11) is 0. The van der Waals surface area contributed by atoms with Gasteiger partial charge in [-0.2, -0.15) is 52.6 Å². The lowest BCUT2D eigenvalue weighted by atomic mass is 9.82. The fourth-order valence-corrected chi connectivity index (χ4v) is 17.9. The van der Waals surface area contributed by atoms with Crippen LogP contribution in [0.4, 0.5) is 96.1 Å². The van der Waals surface area contributed by atoms with Crippen molar-refractivity contribution in [2.45, 2.75) is 32.0 Å². The highest BCUT2D eigenvalue weighted by Gasteiger charge is 2.48. The summed E-state index contributed by atoms with van der Waals surface area (Å²) in [4.78, 5) is 2.40. The lowest BCUT2D eigenvalue weighted by Gasteiger charge is -2.28. The number of rotatable bonds is 11. The van der Waals surface area contributed by atoms with E-state index in [1.165, 1.54) is 90.2 Å². The van der Waals surface area contributed by atoms with Crippen molar-refractivity contribution in [2.75, 3.05) is 4.90 Å². The van der Waals surface area contributed by atoms with E-state index in [0.29, 0.717) is 22.3 Å². The number of benzene rings is 14. The summed E-state index contributed by atoms with van der Waals surface area (Å²) in [6.07, 6.45) is -10.00. The molecule has 4 aliphatic rings. The van der Waals surface area contributed by atoms with Crippen LogP contribution in [0.5, 0.6) is 11.5 Å². The maximum absolute atomic E-state index is 15.0. The molecular weight excluding hydrogens is 1850 g/mol. The van der Waals surface area contributed by atoms with Crippen LogP contribution in [0.3, 0.4) is 0 Å². The topological polar surface area (TPSA) is 265 Å². The first-order chi connectivity index (χ1) is 67.5. The molecule has 1 saturated carbocycles. The average Bonchev–Trinajstić information content (AvgIpc) is 1.54. The molecule has 1 heterocycles. The third-order valence-electron chi connectivity index (χ3n) is 24.1. The number of ether oxygens (including phenoxy) is 2. The Kier molecular flexibility index (Phi) is 23.9. The Bertz CT molecular complexity index is 8150. The number of alkyl halides is 6. The minimum atomic E-state index is -5.00. The highest BCUT2D eigenvalue weighted by molar-refractivity contribution is 6.15. The first kappa shape index (κ1) is 93.4. The summed E-state index contributed by atoms with van der Waals surface area (Å²) in [6, 6.07) is 92.7. The van der Waals surface area contributed by atoms with Gasteiger partial charge in [0.15, 0.2) is 69.8 Å². The highest BCUT2D eigenvalue weighted by Crippen LogP contribution is 2.60. The molecule has 141 heavy (non-hydrogen) atoms. The van der Waals surface area contributed by atoms with Crippen LogP contribution in [0.1, 0.15) is 80.6 Å². The molecule has 1 fully saturated rings. The van der Waals surface area contributed by atoms with Crippen LogP contribution >= 0.6 is 0 Å². The Morgan fingerprint density at radius 3 is 1.04 bits per heavy atom. The van der Waals surface area contributed by atoms with E-state index in [0.717, 1.165) is 77.7 Å². The Morgan fingerprint density at radius 2 is 0.624 bits per heavy atom. The van der Waals surface area contributed by atoms with Gasteiger partial charge in [-0.1, -0.05) is 153 Å². The molecule has 19 rings (SSSR count). The van der Waals surface area contributed by atoms with Crippen LogP contribution in [-0.2, 0) is 5.41 Å². The zero-order valence-electron chi connectivity index (χ0n) is 71.6. The van der Waals surface area contributed by atoms with Gasteiger partial charge in [-0.25, -0.2) is 52.7 Å². The van der Waals surface area contributed by atoms with Crippen molar-refractivity contribution in [3.63, 3.8) is 0 Å². The number of aromatic nitrogens is 1. The van der Waals surface area contributed by atoms with Crippen molar-refractivity contribution >= 4 is 66.7 Å². The minimum Gasteiger partial charge on any atom is -0.406 e. The number of hydrogen-bond acceptors (Lipinski definition) is 13. The molecule has 0 amide bonds. The Morgan fingerprint density at radius 1 is 0.284 bits per heavy atom. The summed E-state index contributed by atoms with van der Waals surface area (Å²) in [6.45, 7) is 4.70. The molecule has 14 nitrogen and oxygen atoms in total. The number of para-hydroxylation sites is 2. The maximum Gasteiger partial charge on any atom is 0.573 e. The zero-order chi connectivity index (χ0) is 101. The first-order valence-corrected chi connectivity index (χ1v) is 41.3. The monoisotopic (exact) mass is 1900 g/mol. The molecule has 680 valence electrons. The van der Waals surface area contributed by atoms with Crippen molar-refractivity contribution < 1.29 is 88.5 Å². The van der Waals surface area contributed by atoms with Crippen LogP contribution in [-0.4, -0.2) is 17.3 Å². The Balaban J connectivity index is 0.000000147. The van der Waals surface area contributed by atoms with Crippen molar-refractivity contribution in [3.05, 3.63) is 407 Å². The quantitative estimate of drug-likeness (QED) is 0.0663. The fraction of sp³-hybridized carbons (Fsp3) is 0.0459. The maximum atomic E-state index is 15.0.